The van der Waals surface area contributed by atoms with Crippen molar-refractivity contribution in [3.05, 3.63) is 17.6 Å². The number of anilines is 1. The average Bonchev–Trinajstić information content (AvgIpc) is 2.95. The van der Waals surface area contributed by atoms with E-state index in [4.69, 9.17) is 4.98 Å². The Balaban J connectivity index is 1.84. The monoisotopic (exact) mass is 260 g/mol. The number of fused-ring (bicyclic) bond motifs is 1. The van der Waals surface area contributed by atoms with Crippen LogP contribution >= 0.6 is 0 Å². The fourth-order valence-electron chi connectivity index (χ4n) is 3.55. The van der Waals surface area contributed by atoms with Crippen LogP contribution in [0.4, 0.5) is 5.82 Å². The molecule has 1 aromatic rings. The number of aromatic nitrogens is 2. The molecule has 0 saturated carbocycles. The molecule has 3 heterocycles. The number of rotatable bonds is 3. The third-order valence-corrected chi connectivity index (χ3v) is 4.61. The van der Waals surface area contributed by atoms with E-state index >= 15 is 0 Å². The first-order valence-electron chi connectivity index (χ1n) is 7.46. The van der Waals surface area contributed by atoms with E-state index in [1.165, 1.54) is 30.9 Å². The van der Waals surface area contributed by atoms with Crippen molar-refractivity contribution >= 4 is 5.82 Å². The van der Waals surface area contributed by atoms with E-state index in [9.17, 15) is 0 Å². The summed E-state index contributed by atoms with van der Waals surface area (Å²) < 4.78 is 0. The van der Waals surface area contributed by atoms with Crippen LogP contribution < -0.4 is 4.90 Å². The van der Waals surface area contributed by atoms with E-state index in [-0.39, 0.29) is 0 Å². The number of nitrogens with zero attached hydrogens (tertiary/aromatic N) is 4. The maximum Gasteiger partial charge on any atom is 0.135 e. The highest BCUT2D eigenvalue weighted by molar-refractivity contribution is 5.48. The van der Waals surface area contributed by atoms with E-state index in [0.717, 1.165) is 37.2 Å². The van der Waals surface area contributed by atoms with Gasteiger partial charge in [0.15, 0.2) is 0 Å². The summed E-state index contributed by atoms with van der Waals surface area (Å²) in [6.07, 6.45) is 5.60. The summed E-state index contributed by atoms with van der Waals surface area (Å²) in [6.45, 7) is 7.77. The van der Waals surface area contributed by atoms with Gasteiger partial charge in [-0.15, -0.1) is 0 Å². The Morgan fingerprint density at radius 3 is 2.95 bits per heavy atom. The van der Waals surface area contributed by atoms with Gasteiger partial charge >= 0.3 is 0 Å². The molecule has 19 heavy (non-hydrogen) atoms. The lowest BCUT2D eigenvalue weighted by Crippen LogP contribution is -2.32. The minimum atomic E-state index is 0.727. The molecule has 4 heteroatoms. The van der Waals surface area contributed by atoms with Gasteiger partial charge in [0.25, 0.3) is 0 Å². The highest BCUT2D eigenvalue weighted by Gasteiger charge is 2.40. The van der Waals surface area contributed by atoms with Gasteiger partial charge in [-0.25, -0.2) is 9.97 Å². The normalized spacial score (nSPS) is 27.0. The first-order chi connectivity index (χ1) is 9.19. The molecule has 2 atom stereocenters. The molecule has 0 unspecified atom stereocenters. The second-order valence-corrected chi connectivity index (χ2v) is 6.02. The molecule has 0 amide bonds. The van der Waals surface area contributed by atoms with Crippen molar-refractivity contribution in [2.24, 2.45) is 5.92 Å². The maximum atomic E-state index is 4.72. The Morgan fingerprint density at radius 1 is 1.37 bits per heavy atom. The molecule has 3 rings (SSSR count). The minimum absolute atomic E-state index is 0.727. The highest BCUT2D eigenvalue weighted by Crippen LogP contribution is 2.33. The number of aryl methyl sites for hydroxylation is 2. The van der Waals surface area contributed by atoms with E-state index in [1.54, 1.807) is 0 Å². The van der Waals surface area contributed by atoms with Crippen LogP contribution in [0.25, 0.3) is 0 Å². The average molecular weight is 260 g/mol. The van der Waals surface area contributed by atoms with Crippen LogP contribution in [0.1, 0.15) is 31.2 Å². The Hall–Kier alpha value is -1.16. The summed E-state index contributed by atoms with van der Waals surface area (Å²) in [5.41, 5.74) is 1.32. The van der Waals surface area contributed by atoms with Crippen molar-refractivity contribution < 1.29 is 0 Å². The Kier molecular flexibility index (Phi) is 3.44. The summed E-state index contributed by atoms with van der Waals surface area (Å²) in [5, 5.41) is 0. The van der Waals surface area contributed by atoms with Gasteiger partial charge in [-0.05, 0) is 39.3 Å². The zero-order valence-electron chi connectivity index (χ0n) is 12.3. The van der Waals surface area contributed by atoms with Crippen LogP contribution in [0.5, 0.6) is 0 Å². The lowest BCUT2D eigenvalue weighted by molar-refractivity contribution is 0.310. The molecular weight excluding hydrogens is 236 g/mol. The highest BCUT2D eigenvalue weighted by atomic mass is 15.3. The first-order valence-corrected chi connectivity index (χ1v) is 7.46. The van der Waals surface area contributed by atoms with Crippen molar-refractivity contribution in [3.8, 4) is 0 Å². The van der Waals surface area contributed by atoms with Crippen LogP contribution in [-0.4, -0.2) is 47.6 Å². The summed E-state index contributed by atoms with van der Waals surface area (Å²) in [6, 6.07) is 0.727. The van der Waals surface area contributed by atoms with E-state index < -0.39 is 0 Å². The van der Waals surface area contributed by atoms with Gasteiger partial charge in [0.2, 0.25) is 0 Å². The predicted octanol–water partition coefficient (Wildman–Crippen LogP) is 1.88. The molecule has 4 nitrogen and oxygen atoms in total. The van der Waals surface area contributed by atoms with Gasteiger partial charge in [0.1, 0.15) is 11.6 Å². The van der Waals surface area contributed by atoms with Gasteiger partial charge in [-0.2, -0.15) is 0 Å². The molecule has 104 valence electrons. The summed E-state index contributed by atoms with van der Waals surface area (Å²) >= 11 is 0. The zero-order valence-corrected chi connectivity index (χ0v) is 12.3. The fourth-order valence-corrected chi connectivity index (χ4v) is 3.55. The van der Waals surface area contributed by atoms with E-state index in [0.29, 0.717) is 0 Å². The third kappa shape index (κ3) is 2.34. The lowest BCUT2D eigenvalue weighted by Gasteiger charge is -2.23. The van der Waals surface area contributed by atoms with Gasteiger partial charge in [0, 0.05) is 30.9 Å². The molecule has 0 bridgehead atoms. The largest absolute Gasteiger partial charge is 0.354 e. The Morgan fingerprint density at radius 2 is 2.21 bits per heavy atom. The molecule has 2 aliphatic rings. The number of likely N-dealkylation sites (N-methyl/N-ethyl adjacent to an activating group) is 1. The molecule has 0 aliphatic carbocycles. The van der Waals surface area contributed by atoms with Crippen LogP contribution in [0.15, 0.2) is 6.20 Å². The minimum Gasteiger partial charge on any atom is -0.354 e. The molecule has 1 aromatic heterocycles. The maximum absolute atomic E-state index is 4.72. The second kappa shape index (κ2) is 5.08. The molecule has 0 aromatic carbocycles. The van der Waals surface area contributed by atoms with Crippen molar-refractivity contribution in [1.82, 2.24) is 14.9 Å². The van der Waals surface area contributed by atoms with Gasteiger partial charge in [0.05, 0.1) is 0 Å². The van der Waals surface area contributed by atoms with Crippen LogP contribution in [-0.2, 0) is 6.42 Å². The Bertz CT molecular complexity index is 459. The SMILES string of the molecule is CCCc1cnc(C)nc1N1C[C@@H]2CCN(C)[C@@H]2C1. The molecule has 0 spiro atoms. The van der Waals surface area contributed by atoms with Crippen molar-refractivity contribution in [1.29, 1.82) is 0 Å². The third-order valence-electron chi connectivity index (χ3n) is 4.61. The van der Waals surface area contributed by atoms with Crippen molar-refractivity contribution in [2.75, 3.05) is 31.6 Å². The molecule has 2 fully saturated rings. The number of likely N-dealkylation sites (tertiary alicyclic amines) is 1. The quantitative estimate of drug-likeness (QED) is 0.830. The zero-order chi connectivity index (χ0) is 13.4. The first kappa shape index (κ1) is 12.9. The van der Waals surface area contributed by atoms with Crippen LogP contribution in [0.2, 0.25) is 0 Å². The smallest absolute Gasteiger partial charge is 0.135 e. The summed E-state index contributed by atoms with van der Waals surface area (Å²) in [4.78, 5) is 14.1. The van der Waals surface area contributed by atoms with Gasteiger partial charge < -0.3 is 9.80 Å². The van der Waals surface area contributed by atoms with E-state index in [1.807, 2.05) is 13.1 Å². The van der Waals surface area contributed by atoms with Gasteiger partial charge in [-0.3, -0.25) is 0 Å². The summed E-state index contributed by atoms with van der Waals surface area (Å²) in [7, 11) is 2.26. The fraction of sp³-hybridized carbons (Fsp3) is 0.733. The number of hydrogen-bond donors (Lipinski definition) is 0. The van der Waals surface area contributed by atoms with Crippen LogP contribution in [0, 0.1) is 12.8 Å². The summed E-state index contributed by atoms with van der Waals surface area (Å²) in [5.74, 6) is 2.91. The Labute approximate surface area is 115 Å². The van der Waals surface area contributed by atoms with Crippen molar-refractivity contribution in [3.63, 3.8) is 0 Å². The molecule has 2 saturated heterocycles. The van der Waals surface area contributed by atoms with E-state index in [2.05, 4.69) is 28.8 Å². The second-order valence-electron chi connectivity index (χ2n) is 6.02. The standard InChI is InChI=1S/C15H24N4/c1-4-5-12-8-16-11(2)17-15(12)19-9-13-6-7-18(3)14(13)10-19/h8,13-14H,4-7,9-10H2,1-3H3/t13-,14+/m0/s1. The molecule has 0 N–H and O–H groups in total. The van der Waals surface area contributed by atoms with Crippen molar-refractivity contribution in [2.45, 2.75) is 39.2 Å². The van der Waals surface area contributed by atoms with Crippen LogP contribution in [0.3, 0.4) is 0 Å². The number of hydrogen-bond acceptors (Lipinski definition) is 4. The predicted molar refractivity (Wildman–Crippen MR) is 77.5 cm³/mol. The topological polar surface area (TPSA) is 32.3 Å². The molecule has 0 radical (unpaired) electrons. The van der Waals surface area contributed by atoms with Gasteiger partial charge in [-0.1, -0.05) is 13.3 Å². The molecule has 2 aliphatic heterocycles. The lowest BCUT2D eigenvalue weighted by atomic mass is 10.1. The molecular formula is C15H24N4.